The van der Waals surface area contributed by atoms with Crippen molar-refractivity contribution in [1.82, 2.24) is 10.2 Å². The molecule has 0 aliphatic heterocycles. The van der Waals surface area contributed by atoms with E-state index in [1.165, 1.54) is 6.08 Å². The first-order chi connectivity index (χ1) is 15.0. The van der Waals surface area contributed by atoms with Gasteiger partial charge in [0.25, 0.3) is 5.89 Å². The molecule has 0 N–H and O–H groups in total. The van der Waals surface area contributed by atoms with Gasteiger partial charge in [0, 0.05) is 11.6 Å². The average molecular weight is 422 g/mol. The number of hydrogen-bond donors (Lipinski definition) is 0. The molecule has 0 saturated carbocycles. The molecule has 0 amide bonds. The second kappa shape index (κ2) is 11.0. The van der Waals surface area contributed by atoms with E-state index in [2.05, 4.69) is 24.0 Å². The van der Waals surface area contributed by atoms with Crippen LogP contribution in [-0.2, 0) is 16.1 Å². The van der Waals surface area contributed by atoms with E-state index >= 15 is 0 Å². The van der Waals surface area contributed by atoms with E-state index < -0.39 is 5.97 Å². The van der Waals surface area contributed by atoms with Crippen LogP contribution >= 0.6 is 0 Å². The lowest BCUT2D eigenvalue weighted by Crippen LogP contribution is -2.06. The first-order valence-corrected chi connectivity index (χ1v) is 10.2. The summed E-state index contributed by atoms with van der Waals surface area (Å²) in [6.07, 6.45) is 2.99. The topological polar surface area (TPSA) is 83.7 Å². The number of esters is 1. The fourth-order valence-corrected chi connectivity index (χ4v) is 2.63. The summed E-state index contributed by atoms with van der Waals surface area (Å²) in [6.45, 7) is 7.09. The zero-order valence-electron chi connectivity index (χ0n) is 17.9. The van der Waals surface area contributed by atoms with Gasteiger partial charge in [-0.15, -0.1) is 10.2 Å². The molecule has 3 rings (SSSR count). The first kappa shape index (κ1) is 22.1. The van der Waals surface area contributed by atoms with Gasteiger partial charge in [0.1, 0.15) is 0 Å². The molecule has 0 spiro atoms. The Labute approximate surface area is 181 Å². The van der Waals surface area contributed by atoms with Gasteiger partial charge >= 0.3 is 5.97 Å². The smallest absolute Gasteiger partial charge is 0.331 e. The van der Waals surface area contributed by atoms with Crippen molar-refractivity contribution < 1.29 is 23.4 Å². The van der Waals surface area contributed by atoms with E-state index in [1.54, 1.807) is 6.08 Å². The number of carbonyl (C=O) groups is 1. The molecule has 0 unspecified atom stereocenters. The van der Waals surface area contributed by atoms with Gasteiger partial charge in [-0.05, 0) is 48.7 Å². The Morgan fingerprint density at radius 2 is 1.87 bits per heavy atom. The van der Waals surface area contributed by atoms with Gasteiger partial charge in [-0.2, -0.15) is 0 Å². The Hall–Kier alpha value is -3.61. The third-order valence-electron chi connectivity index (χ3n) is 4.08. The fraction of sp³-hybridized carbons (Fsp3) is 0.292. The minimum absolute atomic E-state index is 0.102. The predicted molar refractivity (Wildman–Crippen MR) is 117 cm³/mol. The highest BCUT2D eigenvalue weighted by Gasteiger charge is 2.10. The third-order valence-corrected chi connectivity index (χ3v) is 4.08. The highest BCUT2D eigenvalue weighted by atomic mass is 16.5. The molecule has 7 nitrogen and oxygen atoms in total. The molecule has 0 fully saturated rings. The van der Waals surface area contributed by atoms with E-state index in [4.69, 9.17) is 18.6 Å². The summed E-state index contributed by atoms with van der Waals surface area (Å²) in [4.78, 5) is 12.1. The van der Waals surface area contributed by atoms with Crippen LogP contribution in [-0.4, -0.2) is 29.4 Å². The Balaban J connectivity index is 1.57. The number of carbonyl (C=O) groups excluding carboxylic acids is 1. The lowest BCUT2D eigenvalue weighted by atomic mass is 10.2. The van der Waals surface area contributed by atoms with Crippen LogP contribution in [0.5, 0.6) is 11.5 Å². The van der Waals surface area contributed by atoms with E-state index in [0.29, 0.717) is 36.5 Å². The summed E-state index contributed by atoms with van der Waals surface area (Å²) >= 11 is 0. The maximum Gasteiger partial charge on any atom is 0.331 e. The quantitative estimate of drug-likeness (QED) is 0.338. The summed E-state index contributed by atoms with van der Waals surface area (Å²) in [7, 11) is 0. The lowest BCUT2D eigenvalue weighted by Gasteiger charge is -2.14. The van der Waals surface area contributed by atoms with Crippen molar-refractivity contribution in [3.8, 4) is 23.0 Å². The molecule has 2 aromatic carbocycles. The molecule has 0 radical (unpaired) electrons. The molecule has 0 atom stereocenters. The van der Waals surface area contributed by atoms with Crippen molar-refractivity contribution >= 4 is 12.0 Å². The summed E-state index contributed by atoms with van der Waals surface area (Å²) in [5.74, 6) is 1.82. The van der Waals surface area contributed by atoms with E-state index in [1.807, 2.05) is 55.5 Å². The van der Waals surface area contributed by atoms with Crippen molar-refractivity contribution in [1.29, 1.82) is 0 Å². The van der Waals surface area contributed by atoms with Gasteiger partial charge in [0.2, 0.25) is 5.89 Å². The molecule has 0 aliphatic rings. The molecule has 0 bridgehead atoms. The van der Waals surface area contributed by atoms with E-state index in [9.17, 15) is 4.79 Å². The van der Waals surface area contributed by atoms with Gasteiger partial charge in [0.15, 0.2) is 18.1 Å². The van der Waals surface area contributed by atoms with Gasteiger partial charge in [0.05, 0.1) is 13.2 Å². The first-order valence-electron chi connectivity index (χ1n) is 10.2. The second-order valence-corrected chi connectivity index (χ2v) is 7.15. The maximum absolute atomic E-state index is 12.1. The average Bonchev–Trinajstić information content (AvgIpc) is 3.25. The van der Waals surface area contributed by atoms with Crippen molar-refractivity contribution in [2.24, 2.45) is 5.92 Å². The van der Waals surface area contributed by atoms with Crippen LogP contribution in [0.4, 0.5) is 0 Å². The monoisotopic (exact) mass is 422 g/mol. The second-order valence-electron chi connectivity index (χ2n) is 7.15. The molecule has 3 aromatic rings. The van der Waals surface area contributed by atoms with E-state index in [0.717, 1.165) is 11.1 Å². The highest BCUT2D eigenvalue weighted by molar-refractivity contribution is 5.87. The summed E-state index contributed by atoms with van der Waals surface area (Å²) < 4.78 is 22.2. The van der Waals surface area contributed by atoms with Crippen molar-refractivity contribution in [3.05, 3.63) is 66.1 Å². The SMILES string of the molecule is CCOc1cc(/C=C/C(=O)OCc2nnc(-c3ccccc3)o2)ccc1OCC(C)C. The molecular weight excluding hydrogens is 396 g/mol. The molecule has 31 heavy (non-hydrogen) atoms. The largest absolute Gasteiger partial charge is 0.490 e. The number of benzene rings is 2. The summed E-state index contributed by atoms with van der Waals surface area (Å²) in [5, 5.41) is 7.87. The highest BCUT2D eigenvalue weighted by Crippen LogP contribution is 2.29. The van der Waals surface area contributed by atoms with Crippen LogP contribution < -0.4 is 9.47 Å². The Bertz CT molecular complexity index is 1010. The molecule has 162 valence electrons. The van der Waals surface area contributed by atoms with Crippen molar-refractivity contribution in [2.75, 3.05) is 13.2 Å². The molecule has 7 heteroatoms. The third kappa shape index (κ3) is 6.70. The minimum Gasteiger partial charge on any atom is -0.490 e. The van der Waals surface area contributed by atoms with Crippen LogP contribution in [0.15, 0.2) is 59.0 Å². The molecule has 1 aromatic heterocycles. The fourth-order valence-electron chi connectivity index (χ4n) is 2.63. The van der Waals surface area contributed by atoms with Crippen LogP contribution in [0.1, 0.15) is 32.2 Å². The number of rotatable bonds is 10. The van der Waals surface area contributed by atoms with Gasteiger partial charge < -0.3 is 18.6 Å². The van der Waals surface area contributed by atoms with Crippen LogP contribution in [0.2, 0.25) is 0 Å². The normalized spacial score (nSPS) is 11.1. The number of hydrogen-bond acceptors (Lipinski definition) is 7. The Morgan fingerprint density at radius 3 is 2.61 bits per heavy atom. The van der Waals surface area contributed by atoms with Gasteiger partial charge in [-0.1, -0.05) is 38.1 Å². The number of ether oxygens (including phenoxy) is 3. The van der Waals surface area contributed by atoms with Crippen molar-refractivity contribution in [3.63, 3.8) is 0 Å². The van der Waals surface area contributed by atoms with E-state index in [-0.39, 0.29) is 12.5 Å². The molecule has 1 heterocycles. The standard InChI is InChI=1S/C24H26N2O5/c1-4-28-21-14-18(10-12-20(21)29-15-17(2)3)11-13-23(27)30-16-22-25-26-24(31-22)19-8-6-5-7-9-19/h5-14,17H,4,15-16H2,1-3H3/b13-11+. The Kier molecular flexibility index (Phi) is 7.81. The molecular formula is C24H26N2O5. The van der Waals surface area contributed by atoms with Gasteiger partial charge in [-0.25, -0.2) is 4.79 Å². The van der Waals surface area contributed by atoms with Crippen LogP contribution in [0.3, 0.4) is 0 Å². The minimum atomic E-state index is -0.516. The summed E-state index contributed by atoms with van der Waals surface area (Å²) in [5.41, 5.74) is 1.60. The maximum atomic E-state index is 12.1. The molecule has 0 aliphatic carbocycles. The van der Waals surface area contributed by atoms with Crippen LogP contribution in [0.25, 0.3) is 17.5 Å². The van der Waals surface area contributed by atoms with Crippen LogP contribution in [0, 0.1) is 5.92 Å². The zero-order valence-corrected chi connectivity index (χ0v) is 17.9. The van der Waals surface area contributed by atoms with Crippen molar-refractivity contribution in [2.45, 2.75) is 27.4 Å². The summed E-state index contributed by atoms with van der Waals surface area (Å²) in [6, 6.07) is 14.9. The number of aromatic nitrogens is 2. The van der Waals surface area contributed by atoms with Gasteiger partial charge in [-0.3, -0.25) is 0 Å². The predicted octanol–water partition coefficient (Wildman–Crippen LogP) is 4.93. The zero-order chi connectivity index (χ0) is 22.1. The lowest BCUT2D eigenvalue weighted by molar-refractivity contribution is -0.139. The molecule has 0 saturated heterocycles. The number of nitrogens with zero attached hydrogens (tertiary/aromatic N) is 2. The Morgan fingerprint density at radius 1 is 1.06 bits per heavy atom.